The molecule has 0 spiro atoms. The largest absolute Gasteiger partial charge is 0.481 e. The number of halogens is 1. The molecule has 0 radical (unpaired) electrons. The summed E-state index contributed by atoms with van der Waals surface area (Å²) in [6, 6.07) is 7.77. The van der Waals surface area contributed by atoms with Gasteiger partial charge in [0.15, 0.2) is 0 Å². The number of rotatable bonds is 3. The molecule has 2 aromatic rings. The Morgan fingerprint density at radius 3 is 2.85 bits per heavy atom. The first-order valence-electron chi connectivity index (χ1n) is 6.56. The van der Waals surface area contributed by atoms with Gasteiger partial charge in [0.2, 0.25) is 0 Å². The van der Waals surface area contributed by atoms with Gasteiger partial charge in [-0.05, 0) is 37.0 Å². The van der Waals surface area contributed by atoms with Gasteiger partial charge in [0.05, 0.1) is 16.6 Å². The first-order valence-corrected chi connectivity index (χ1v) is 7.76. The van der Waals surface area contributed by atoms with E-state index in [0.29, 0.717) is 12.8 Å². The second-order valence-electron chi connectivity index (χ2n) is 5.06. The fourth-order valence-corrected chi connectivity index (χ4v) is 3.85. The molecule has 1 atom stereocenters. The molecular formula is C15H14ClNO2S. The summed E-state index contributed by atoms with van der Waals surface area (Å²) in [6.45, 7) is 0. The Balaban J connectivity index is 1.77. The highest BCUT2D eigenvalue weighted by Crippen LogP contribution is 2.31. The van der Waals surface area contributed by atoms with Gasteiger partial charge in [-0.15, -0.1) is 11.3 Å². The van der Waals surface area contributed by atoms with Crippen molar-refractivity contribution in [2.45, 2.75) is 25.7 Å². The standard InChI is InChI=1S/C15H14ClNO2S/c16-11-4-1-9(2-5-11)7-14-17-12-6-3-10(15(18)19)8-13(12)20-14/h1-2,4-5,10H,3,6-8H2,(H,18,19). The maximum atomic E-state index is 11.1. The molecule has 0 aliphatic heterocycles. The Kier molecular flexibility index (Phi) is 3.76. The van der Waals surface area contributed by atoms with Crippen LogP contribution in [0.15, 0.2) is 24.3 Å². The Morgan fingerprint density at radius 1 is 1.40 bits per heavy atom. The molecule has 0 fully saturated rings. The zero-order valence-electron chi connectivity index (χ0n) is 10.8. The molecule has 5 heteroatoms. The van der Waals surface area contributed by atoms with Crippen molar-refractivity contribution in [1.29, 1.82) is 0 Å². The highest BCUT2D eigenvalue weighted by Gasteiger charge is 2.27. The van der Waals surface area contributed by atoms with Gasteiger partial charge >= 0.3 is 5.97 Å². The fourth-order valence-electron chi connectivity index (χ4n) is 2.49. The monoisotopic (exact) mass is 307 g/mol. The van der Waals surface area contributed by atoms with Crippen LogP contribution < -0.4 is 0 Å². The molecule has 1 heterocycles. The molecule has 1 unspecified atom stereocenters. The van der Waals surface area contributed by atoms with E-state index < -0.39 is 5.97 Å². The third kappa shape index (κ3) is 2.86. The number of fused-ring (bicyclic) bond motifs is 1. The predicted octanol–water partition coefficient (Wildman–Crippen LogP) is 3.58. The van der Waals surface area contributed by atoms with Gasteiger partial charge in [-0.1, -0.05) is 23.7 Å². The van der Waals surface area contributed by atoms with Crippen molar-refractivity contribution in [3.8, 4) is 0 Å². The van der Waals surface area contributed by atoms with Gasteiger partial charge < -0.3 is 5.11 Å². The summed E-state index contributed by atoms with van der Waals surface area (Å²) in [4.78, 5) is 16.9. The van der Waals surface area contributed by atoms with E-state index in [9.17, 15) is 4.79 Å². The zero-order valence-corrected chi connectivity index (χ0v) is 12.4. The summed E-state index contributed by atoms with van der Waals surface area (Å²) < 4.78 is 0. The molecule has 1 N–H and O–H groups in total. The number of nitrogens with zero attached hydrogens (tertiary/aromatic N) is 1. The van der Waals surface area contributed by atoms with Gasteiger partial charge in [0.1, 0.15) is 0 Å². The molecule has 0 bridgehead atoms. The SMILES string of the molecule is O=C(O)C1CCc2nc(Cc3ccc(Cl)cc3)sc2C1. The van der Waals surface area contributed by atoms with E-state index in [0.717, 1.165) is 33.4 Å². The van der Waals surface area contributed by atoms with Crippen LogP contribution in [0.3, 0.4) is 0 Å². The van der Waals surface area contributed by atoms with Gasteiger partial charge in [-0.2, -0.15) is 0 Å². The molecular weight excluding hydrogens is 294 g/mol. The maximum Gasteiger partial charge on any atom is 0.306 e. The summed E-state index contributed by atoms with van der Waals surface area (Å²) in [5, 5.41) is 10.9. The minimum atomic E-state index is -0.691. The van der Waals surface area contributed by atoms with Crippen molar-refractivity contribution in [2.24, 2.45) is 5.92 Å². The molecule has 1 aromatic carbocycles. The van der Waals surface area contributed by atoms with Crippen LogP contribution >= 0.6 is 22.9 Å². The Labute approximate surface area is 126 Å². The van der Waals surface area contributed by atoms with E-state index in [2.05, 4.69) is 4.98 Å². The number of benzene rings is 1. The van der Waals surface area contributed by atoms with Crippen LogP contribution in [0, 0.1) is 5.92 Å². The number of aliphatic carboxylic acids is 1. The fraction of sp³-hybridized carbons (Fsp3) is 0.333. The molecule has 104 valence electrons. The van der Waals surface area contributed by atoms with Gasteiger partial charge in [-0.3, -0.25) is 4.79 Å². The number of carbonyl (C=O) groups is 1. The molecule has 3 rings (SSSR count). The molecule has 0 saturated carbocycles. The Morgan fingerprint density at radius 2 is 2.15 bits per heavy atom. The van der Waals surface area contributed by atoms with Gasteiger partial charge in [0, 0.05) is 16.3 Å². The van der Waals surface area contributed by atoms with E-state index in [1.165, 1.54) is 5.56 Å². The second-order valence-corrected chi connectivity index (χ2v) is 6.66. The molecule has 1 aliphatic rings. The number of hydrogen-bond acceptors (Lipinski definition) is 3. The van der Waals surface area contributed by atoms with E-state index in [1.54, 1.807) is 11.3 Å². The van der Waals surface area contributed by atoms with Crippen molar-refractivity contribution >= 4 is 28.9 Å². The zero-order chi connectivity index (χ0) is 14.1. The van der Waals surface area contributed by atoms with Crippen molar-refractivity contribution in [3.63, 3.8) is 0 Å². The number of carboxylic acids is 1. The summed E-state index contributed by atoms with van der Waals surface area (Å²) >= 11 is 7.52. The number of thiazole rings is 1. The van der Waals surface area contributed by atoms with E-state index in [-0.39, 0.29) is 5.92 Å². The lowest BCUT2D eigenvalue weighted by molar-refractivity contribution is -0.142. The summed E-state index contributed by atoms with van der Waals surface area (Å²) in [7, 11) is 0. The maximum absolute atomic E-state index is 11.1. The molecule has 1 aliphatic carbocycles. The van der Waals surface area contributed by atoms with Gasteiger partial charge in [0.25, 0.3) is 0 Å². The lowest BCUT2D eigenvalue weighted by Crippen LogP contribution is -2.21. The van der Waals surface area contributed by atoms with Crippen LogP contribution in [-0.4, -0.2) is 16.1 Å². The smallest absolute Gasteiger partial charge is 0.306 e. The minimum absolute atomic E-state index is 0.244. The highest BCUT2D eigenvalue weighted by molar-refractivity contribution is 7.11. The van der Waals surface area contributed by atoms with E-state index in [4.69, 9.17) is 16.7 Å². The summed E-state index contributed by atoms with van der Waals surface area (Å²) in [5.41, 5.74) is 2.27. The normalized spacial score (nSPS) is 17.8. The van der Waals surface area contributed by atoms with Crippen LogP contribution in [0.5, 0.6) is 0 Å². The minimum Gasteiger partial charge on any atom is -0.481 e. The average Bonchev–Trinajstić information content (AvgIpc) is 2.82. The van der Waals surface area contributed by atoms with Crippen molar-refractivity contribution in [3.05, 3.63) is 50.4 Å². The molecule has 3 nitrogen and oxygen atoms in total. The Bertz CT molecular complexity index is 636. The van der Waals surface area contributed by atoms with Crippen molar-refractivity contribution < 1.29 is 9.90 Å². The number of aromatic nitrogens is 1. The molecule has 1 aromatic heterocycles. The summed E-state index contributed by atoms with van der Waals surface area (Å²) in [5.74, 6) is -0.936. The first kappa shape index (κ1) is 13.6. The lowest BCUT2D eigenvalue weighted by Gasteiger charge is -2.16. The number of aryl methyl sites for hydroxylation is 1. The second kappa shape index (κ2) is 5.54. The number of carboxylic acid groups (broad SMARTS) is 1. The van der Waals surface area contributed by atoms with Crippen LogP contribution in [0.1, 0.15) is 27.6 Å². The first-order chi connectivity index (χ1) is 9.61. The van der Waals surface area contributed by atoms with E-state index in [1.807, 2.05) is 24.3 Å². The summed E-state index contributed by atoms with van der Waals surface area (Å²) in [6.07, 6.45) is 2.89. The molecule has 0 saturated heterocycles. The van der Waals surface area contributed by atoms with Crippen LogP contribution in [0.25, 0.3) is 0 Å². The topological polar surface area (TPSA) is 50.2 Å². The third-order valence-electron chi connectivity index (χ3n) is 3.60. The van der Waals surface area contributed by atoms with Crippen LogP contribution in [-0.2, 0) is 24.1 Å². The lowest BCUT2D eigenvalue weighted by atomic mass is 9.91. The molecule has 0 amide bonds. The van der Waals surface area contributed by atoms with Crippen molar-refractivity contribution in [2.75, 3.05) is 0 Å². The van der Waals surface area contributed by atoms with Crippen LogP contribution in [0.2, 0.25) is 5.02 Å². The van der Waals surface area contributed by atoms with Crippen molar-refractivity contribution in [1.82, 2.24) is 4.98 Å². The highest BCUT2D eigenvalue weighted by atomic mass is 35.5. The average molecular weight is 308 g/mol. The Hall–Kier alpha value is -1.39. The number of hydrogen-bond donors (Lipinski definition) is 1. The molecule has 20 heavy (non-hydrogen) atoms. The van der Waals surface area contributed by atoms with Crippen LogP contribution in [0.4, 0.5) is 0 Å². The van der Waals surface area contributed by atoms with Gasteiger partial charge in [-0.25, -0.2) is 4.98 Å². The third-order valence-corrected chi connectivity index (χ3v) is 4.97. The predicted molar refractivity (Wildman–Crippen MR) is 79.5 cm³/mol. The quantitative estimate of drug-likeness (QED) is 0.943. The van der Waals surface area contributed by atoms with E-state index >= 15 is 0 Å².